The monoisotopic (exact) mass is 261 g/mol. The molecule has 3 rings (SSSR count). The van der Waals surface area contributed by atoms with E-state index in [4.69, 9.17) is 14.6 Å². The fourth-order valence-electron chi connectivity index (χ4n) is 2.07. The van der Waals surface area contributed by atoms with Gasteiger partial charge in [-0.15, -0.1) is 0 Å². The number of carboxylic acid groups (broad SMARTS) is 1. The molecule has 98 valence electrons. The highest BCUT2D eigenvalue weighted by Gasteiger charge is 2.15. The van der Waals surface area contributed by atoms with Gasteiger partial charge in [-0.1, -0.05) is 0 Å². The van der Waals surface area contributed by atoms with E-state index in [2.05, 4.69) is 4.98 Å². The third-order valence-electron chi connectivity index (χ3n) is 3.02. The molecule has 6 nitrogen and oxygen atoms in total. The number of nitrogens with one attached hydrogen (secondary N) is 1. The highest BCUT2D eigenvalue weighted by atomic mass is 16.7. The van der Waals surface area contributed by atoms with Gasteiger partial charge in [0.05, 0.1) is 5.52 Å². The minimum atomic E-state index is -0.926. The van der Waals surface area contributed by atoms with Crippen molar-refractivity contribution < 1.29 is 19.4 Å². The zero-order valence-corrected chi connectivity index (χ0v) is 9.93. The zero-order valence-electron chi connectivity index (χ0n) is 9.93. The Morgan fingerprint density at radius 2 is 2.00 bits per heavy atom. The average Bonchev–Trinajstić information content (AvgIpc) is 2.80. The van der Waals surface area contributed by atoms with Crippen molar-refractivity contribution in [3.8, 4) is 11.5 Å². The Labute approximate surface area is 107 Å². The third-order valence-corrected chi connectivity index (χ3v) is 3.02. The van der Waals surface area contributed by atoms with Crippen LogP contribution in [-0.2, 0) is 11.2 Å². The molecule has 0 bridgehead atoms. The van der Waals surface area contributed by atoms with E-state index in [0.29, 0.717) is 22.6 Å². The molecule has 2 N–H and O–H groups in total. The summed E-state index contributed by atoms with van der Waals surface area (Å²) >= 11 is 0. The fourth-order valence-corrected chi connectivity index (χ4v) is 2.07. The average molecular weight is 261 g/mol. The van der Waals surface area contributed by atoms with Crippen LogP contribution in [0.5, 0.6) is 11.5 Å². The topological polar surface area (TPSA) is 88.6 Å². The molecule has 1 aliphatic heterocycles. The van der Waals surface area contributed by atoms with Crippen molar-refractivity contribution in [1.29, 1.82) is 0 Å². The number of hydrogen-bond donors (Lipinski definition) is 2. The summed E-state index contributed by atoms with van der Waals surface area (Å²) in [5.41, 5.74) is 0.828. The Balaban J connectivity index is 2.06. The molecule has 1 aromatic carbocycles. The summed E-state index contributed by atoms with van der Waals surface area (Å²) in [5, 5.41) is 9.45. The lowest BCUT2D eigenvalue weighted by molar-refractivity contribution is -0.136. The number of ether oxygens (including phenoxy) is 2. The molecular weight excluding hydrogens is 250 g/mol. The van der Waals surface area contributed by atoms with Crippen molar-refractivity contribution in [3.63, 3.8) is 0 Å². The number of benzene rings is 1. The fraction of sp³-hybridized carbons (Fsp3) is 0.231. The summed E-state index contributed by atoms with van der Waals surface area (Å²) in [5.74, 6) is 0.301. The van der Waals surface area contributed by atoms with Crippen molar-refractivity contribution >= 4 is 16.9 Å². The van der Waals surface area contributed by atoms with E-state index in [1.54, 1.807) is 18.2 Å². The van der Waals surface area contributed by atoms with Crippen molar-refractivity contribution in [3.05, 3.63) is 34.1 Å². The Kier molecular flexibility index (Phi) is 2.63. The lowest BCUT2D eigenvalue weighted by atomic mass is 10.1. The molecule has 0 amide bonds. The molecule has 0 saturated heterocycles. The zero-order chi connectivity index (χ0) is 13.4. The molecule has 19 heavy (non-hydrogen) atoms. The Hall–Kier alpha value is -2.50. The maximum atomic E-state index is 11.8. The first kappa shape index (κ1) is 11.6. The first-order valence-corrected chi connectivity index (χ1v) is 5.81. The van der Waals surface area contributed by atoms with Gasteiger partial charge in [0.15, 0.2) is 11.5 Å². The SMILES string of the molecule is O=C(O)CCc1cc2cc3c(cc2[nH]c1=O)OCO3. The van der Waals surface area contributed by atoms with Crippen LogP contribution in [0.4, 0.5) is 0 Å². The van der Waals surface area contributed by atoms with Crippen LogP contribution in [0.1, 0.15) is 12.0 Å². The van der Waals surface area contributed by atoms with E-state index in [9.17, 15) is 9.59 Å². The van der Waals surface area contributed by atoms with Gasteiger partial charge >= 0.3 is 5.97 Å². The number of H-pyrrole nitrogens is 1. The number of pyridine rings is 1. The van der Waals surface area contributed by atoms with Crippen LogP contribution in [0.25, 0.3) is 10.9 Å². The molecule has 2 aromatic rings. The second-order valence-corrected chi connectivity index (χ2v) is 4.31. The first-order chi connectivity index (χ1) is 9.13. The van der Waals surface area contributed by atoms with E-state index in [1.165, 1.54) is 0 Å². The minimum absolute atomic E-state index is 0.0703. The van der Waals surface area contributed by atoms with Crippen molar-refractivity contribution in [2.45, 2.75) is 12.8 Å². The van der Waals surface area contributed by atoms with Crippen LogP contribution in [0.2, 0.25) is 0 Å². The maximum Gasteiger partial charge on any atom is 0.303 e. The van der Waals surface area contributed by atoms with Gasteiger partial charge in [-0.25, -0.2) is 0 Å². The van der Waals surface area contributed by atoms with Gasteiger partial charge in [0, 0.05) is 23.4 Å². The van der Waals surface area contributed by atoms with Crippen LogP contribution in [0, 0.1) is 0 Å². The summed E-state index contributed by atoms with van der Waals surface area (Å²) in [4.78, 5) is 25.1. The molecule has 0 atom stereocenters. The molecule has 0 aliphatic carbocycles. The van der Waals surface area contributed by atoms with Crippen molar-refractivity contribution in [1.82, 2.24) is 4.98 Å². The van der Waals surface area contributed by atoms with E-state index in [0.717, 1.165) is 5.39 Å². The number of aliphatic carboxylic acids is 1. The Bertz CT molecular complexity index is 719. The summed E-state index contributed by atoms with van der Waals surface area (Å²) in [6.45, 7) is 0.168. The highest BCUT2D eigenvalue weighted by Crippen LogP contribution is 2.35. The van der Waals surface area contributed by atoms with Crippen LogP contribution in [0.3, 0.4) is 0 Å². The molecule has 0 saturated carbocycles. The number of aromatic amines is 1. The van der Waals surface area contributed by atoms with Gasteiger partial charge in [0.1, 0.15) is 0 Å². The van der Waals surface area contributed by atoms with E-state index in [-0.39, 0.29) is 25.2 Å². The molecule has 1 aliphatic rings. The summed E-state index contributed by atoms with van der Waals surface area (Å²) in [6.07, 6.45) is 0.133. The summed E-state index contributed by atoms with van der Waals surface area (Å²) in [6, 6.07) is 5.18. The smallest absolute Gasteiger partial charge is 0.303 e. The maximum absolute atomic E-state index is 11.8. The van der Waals surface area contributed by atoms with Crippen LogP contribution < -0.4 is 15.0 Å². The predicted octanol–water partition coefficient (Wildman–Crippen LogP) is 1.27. The second kappa shape index (κ2) is 4.31. The van der Waals surface area contributed by atoms with Gasteiger partial charge in [-0.3, -0.25) is 9.59 Å². The Morgan fingerprint density at radius 3 is 2.74 bits per heavy atom. The van der Waals surface area contributed by atoms with Crippen LogP contribution in [-0.4, -0.2) is 22.9 Å². The van der Waals surface area contributed by atoms with E-state index in [1.807, 2.05) is 0 Å². The number of hydrogen-bond acceptors (Lipinski definition) is 4. The third kappa shape index (κ3) is 2.12. The molecule has 0 spiro atoms. The molecule has 1 aromatic heterocycles. The van der Waals surface area contributed by atoms with Gasteiger partial charge in [0.2, 0.25) is 6.79 Å². The molecule has 6 heteroatoms. The van der Waals surface area contributed by atoms with Crippen molar-refractivity contribution in [2.75, 3.05) is 6.79 Å². The lowest BCUT2D eigenvalue weighted by Crippen LogP contribution is -2.13. The number of carboxylic acids is 1. The van der Waals surface area contributed by atoms with Gasteiger partial charge < -0.3 is 19.6 Å². The summed E-state index contributed by atoms with van der Waals surface area (Å²) < 4.78 is 10.5. The highest BCUT2D eigenvalue weighted by molar-refractivity contribution is 5.83. The Morgan fingerprint density at radius 1 is 1.26 bits per heavy atom. The van der Waals surface area contributed by atoms with Gasteiger partial charge in [-0.05, 0) is 18.6 Å². The van der Waals surface area contributed by atoms with Gasteiger partial charge in [0.25, 0.3) is 5.56 Å². The largest absolute Gasteiger partial charge is 0.481 e. The number of fused-ring (bicyclic) bond motifs is 2. The second-order valence-electron chi connectivity index (χ2n) is 4.31. The van der Waals surface area contributed by atoms with Crippen molar-refractivity contribution in [2.24, 2.45) is 0 Å². The number of aromatic nitrogens is 1. The minimum Gasteiger partial charge on any atom is -0.481 e. The normalized spacial score (nSPS) is 12.8. The predicted molar refractivity (Wildman–Crippen MR) is 66.6 cm³/mol. The number of carbonyl (C=O) groups is 1. The molecule has 0 radical (unpaired) electrons. The lowest BCUT2D eigenvalue weighted by Gasteiger charge is -2.04. The van der Waals surface area contributed by atoms with Crippen LogP contribution >= 0.6 is 0 Å². The number of rotatable bonds is 3. The van der Waals surface area contributed by atoms with Crippen LogP contribution in [0.15, 0.2) is 23.0 Å². The number of aryl methyl sites for hydroxylation is 1. The molecule has 2 heterocycles. The first-order valence-electron chi connectivity index (χ1n) is 5.81. The molecular formula is C13H11NO5. The molecule has 0 fully saturated rings. The van der Waals surface area contributed by atoms with Gasteiger partial charge in [-0.2, -0.15) is 0 Å². The quantitative estimate of drug-likeness (QED) is 0.868. The molecule has 0 unspecified atom stereocenters. The standard InChI is InChI=1S/C13H11NO5/c15-12(16)2-1-7-3-8-4-10-11(19-6-18-10)5-9(8)14-13(7)17/h3-5H,1-2,6H2,(H,14,17)(H,15,16). The van der Waals surface area contributed by atoms with E-state index >= 15 is 0 Å². The summed E-state index contributed by atoms with van der Waals surface area (Å²) in [7, 11) is 0. The van der Waals surface area contributed by atoms with E-state index < -0.39 is 5.97 Å².